The topological polar surface area (TPSA) is 211 Å². The van der Waals surface area contributed by atoms with Crippen molar-refractivity contribution in [1.29, 1.82) is 0 Å². The molecule has 40 heavy (non-hydrogen) atoms. The summed E-state index contributed by atoms with van der Waals surface area (Å²) in [5.74, 6) is -3.89. The van der Waals surface area contributed by atoms with Crippen LogP contribution in [-0.4, -0.2) is 109 Å². The van der Waals surface area contributed by atoms with Crippen LogP contribution in [0.3, 0.4) is 0 Å². The van der Waals surface area contributed by atoms with Gasteiger partial charge in [-0.05, 0) is 0 Å². The molecule has 2 saturated heterocycles. The van der Waals surface area contributed by atoms with E-state index in [9.17, 15) is 33.9 Å². The molecule has 0 unspecified atom stereocenters. The quantitative estimate of drug-likeness (QED) is 0.194. The maximum absolute atomic E-state index is 12.1. The monoisotopic (exact) mass is 576 g/mol. The molecule has 2 amide bonds. The van der Waals surface area contributed by atoms with Gasteiger partial charge in [-0.15, -0.1) is 0 Å². The van der Waals surface area contributed by atoms with Crippen molar-refractivity contribution in [3.8, 4) is 0 Å². The summed E-state index contributed by atoms with van der Waals surface area (Å²) < 4.78 is 38.7. The molecule has 0 aromatic rings. The van der Waals surface area contributed by atoms with Crippen LogP contribution in [0.4, 0.5) is 0 Å². The Morgan fingerprint density at radius 3 is 1.80 bits per heavy atom. The second-order valence-electron chi connectivity index (χ2n) is 9.31. The molecule has 2 aliphatic rings. The Morgan fingerprint density at radius 1 is 0.725 bits per heavy atom. The Labute approximate surface area is 230 Å². The van der Waals surface area contributed by atoms with Gasteiger partial charge in [-0.25, -0.2) is 0 Å². The third-order valence-corrected chi connectivity index (χ3v) is 5.75. The largest absolute Gasteiger partial charge is 0.463 e. The van der Waals surface area contributed by atoms with Gasteiger partial charge < -0.3 is 48.9 Å². The second-order valence-corrected chi connectivity index (χ2v) is 9.31. The van der Waals surface area contributed by atoms with Gasteiger partial charge in [0, 0.05) is 48.0 Å². The number of carbonyl (C=O) groups excluding carboxylic acids is 6. The highest BCUT2D eigenvalue weighted by Gasteiger charge is 2.52. The third kappa shape index (κ3) is 10.0. The minimum Gasteiger partial charge on any atom is -0.463 e. The standard InChI is InChI=1S/C24H36N2O14/c1-10(27)25-19-17(36-14(5)31)7-16(8-34-12(3)29)38-24(19)40-21-18(9-35-13(4)30)39-23(33)20(26-11(2)28)22(21)37-15(6)32/h16-24,33H,7-9H2,1-6H3,(H,25,27)(H,26,28)/t16-,17-,18+,19+,20+,21+,22+,23+,24-/m0/s1. The summed E-state index contributed by atoms with van der Waals surface area (Å²) in [5, 5.41) is 15.7. The van der Waals surface area contributed by atoms with Gasteiger partial charge in [-0.2, -0.15) is 0 Å². The summed E-state index contributed by atoms with van der Waals surface area (Å²) in [4.78, 5) is 70.8. The molecule has 2 aliphatic heterocycles. The highest BCUT2D eigenvalue weighted by Crippen LogP contribution is 2.31. The molecule has 0 aliphatic carbocycles. The van der Waals surface area contributed by atoms with Crippen LogP contribution in [-0.2, 0) is 61.9 Å². The molecule has 3 N–H and O–H groups in total. The first-order valence-electron chi connectivity index (χ1n) is 12.5. The summed E-state index contributed by atoms with van der Waals surface area (Å²) >= 11 is 0. The lowest BCUT2D eigenvalue weighted by Crippen LogP contribution is -2.68. The van der Waals surface area contributed by atoms with E-state index in [0.717, 1.165) is 20.8 Å². The van der Waals surface area contributed by atoms with Gasteiger partial charge in [0.1, 0.15) is 43.6 Å². The number of esters is 4. The molecule has 2 heterocycles. The lowest BCUT2D eigenvalue weighted by molar-refractivity contribution is -0.318. The predicted molar refractivity (Wildman–Crippen MR) is 129 cm³/mol. The first kappa shape index (κ1) is 32.9. The van der Waals surface area contributed by atoms with Crippen molar-refractivity contribution >= 4 is 35.7 Å². The second kappa shape index (κ2) is 14.9. The van der Waals surface area contributed by atoms with Crippen LogP contribution in [0, 0.1) is 0 Å². The minimum absolute atomic E-state index is 0.0102. The molecule has 0 bridgehead atoms. The van der Waals surface area contributed by atoms with Crippen LogP contribution in [0.5, 0.6) is 0 Å². The smallest absolute Gasteiger partial charge is 0.303 e. The van der Waals surface area contributed by atoms with Gasteiger partial charge in [0.15, 0.2) is 18.7 Å². The highest BCUT2D eigenvalue weighted by atomic mass is 16.7. The van der Waals surface area contributed by atoms with Crippen molar-refractivity contribution < 1.29 is 67.0 Å². The molecule has 16 heteroatoms. The summed E-state index contributed by atoms with van der Waals surface area (Å²) in [5.41, 5.74) is 0. The van der Waals surface area contributed by atoms with E-state index in [1.807, 2.05) is 0 Å². The number of ether oxygens (including phenoxy) is 7. The Kier molecular flexibility index (Phi) is 12.2. The number of amides is 2. The van der Waals surface area contributed by atoms with Gasteiger partial charge >= 0.3 is 23.9 Å². The highest BCUT2D eigenvalue weighted by molar-refractivity contribution is 5.74. The number of aliphatic hydroxyl groups is 1. The Hall–Kier alpha value is -3.34. The summed E-state index contributed by atoms with van der Waals surface area (Å²) in [7, 11) is 0. The van der Waals surface area contributed by atoms with Crippen LogP contribution in [0.25, 0.3) is 0 Å². The molecule has 226 valence electrons. The number of hydrogen-bond donors (Lipinski definition) is 3. The van der Waals surface area contributed by atoms with Gasteiger partial charge in [0.2, 0.25) is 11.8 Å². The summed E-state index contributed by atoms with van der Waals surface area (Å²) in [6, 6.07) is -2.45. The average molecular weight is 577 g/mol. The Morgan fingerprint density at radius 2 is 1.27 bits per heavy atom. The van der Waals surface area contributed by atoms with Gasteiger partial charge in [-0.3, -0.25) is 28.8 Å². The fraction of sp³-hybridized carbons (Fsp3) is 0.750. The average Bonchev–Trinajstić information content (AvgIpc) is 2.81. The van der Waals surface area contributed by atoms with Crippen LogP contribution in [0.1, 0.15) is 48.0 Å². The Bertz CT molecular complexity index is 958. The van der Waals surface area contributed by atoms with Gasteiger partial charge in [0.25, 0.3) is 0 Å². The maximum atomic E-state index is 12.1. The van der Waals surface area contributed by atoms with E-state index >= 15 is 0 Å². The molecule has 0 spiro atoms. The van der Waals surface area contributed by atoms with Crippen LogP contribution < -0.4 is 10.6 Å². The van der Waals surface area contributed by atoms with E-state index in [4.69, 9.17) is 33.2 Å². The molecular formula is C24H36N2O14. The summed E-state index contributed by atoms with van der Waals surface area (Å²) in [6.07, 6.45) is -9.08. The van der Waals surface area contributed by atoms with E-state index in [1.54, 1.807) is 0 Å². The molecule has 0 aromatic heterocycles. The molecule has 0 aromatic carbocycles. The van der Waals surface area contributed by atoms with Crippen molar-refractivity contribution in [2.75, 3.05) is 13.2 Å². The van der Waals surface area contributed by atoms with Crippen molar-refractivity contribution in [1.82, 2.24) is 10.6 Å². The lowest BCUT2D eigenvalue weighted by atomic mass is 9.95. The molecule has 2 rings (SSSR count). The summed E-state index contributed by atoms with van der Waals surface area (Å²) in [6.45, 7) is 6.24. The number of nitrogens with one attached hydrogen (secondary N) is 2. The molecule has 9 atom stereocenters. The molecule has 16 nitrogen and oxygen atoms in total. The first-order chi connectivity index (χ1) is 18.7. The van der Waals surface area contributed by atoms with E-state index in [-0.39, 0.29) is 13.0 Å². The number of carbonyl (C=O) groups is 6. The zero-order chi connectivity index (χ0) is 30.1. The Balaban J connectivity index is 2.52. The number of hydrogen-bond acceptors (Lipinski definition) is 14. The fourth-order valence-corrected chi connectivity index (χ4v) is 4.37. The zero-order valence-corrected chi connectivity index (χ0v) is 23.1. The number of rotatable bonds is 10. The van der Waals surface area contributed by atoms with Crippen molar-refractivity contribution in [2.45, 2.75) is 103 Å². The van der Waals surface area contributed by atoms with Gasteiger partial charge in [0.05, 0.1) is 6.10 Å². The van der Waals surface area contributed by atoms with Crippen LogP contribution in [0.15, 0.2) is 0 Å². The molecular weight excluding hydrogens is 540 g/mol. The van der Waals surface area contributed by atoms with Gasteiger partial charge in [-0.1, -0.05) is 0 Å². The van der Waals surface area contributed by atoms with Crippen molar-refractivity contribution in [3.63, 3.8) is 0 Å². The molecule has 0 radical (unpaired) electrons. The fourth-order valence-electron chi connectivity index (χ4n) is 4.37. The van der Waals surface area contributed by atoms with Crippen LogP contribution in [0.2, 0.25) is 0 Å². The lowest BCUT2D eigenvalue weighted by Gasteiger charge is -2.47. The van der Waals surface area contributed by atoms with E-state index in [0.29, 0.717) is 0 Å². The zero-order valence-electron chi connectivity index (χ0n) is 23.1. The molecule has 2 fully saturated rings. The minimum atomic E-state index is -1.71. The predicted octanol–water partition coefficient (Wildman–Crippen LogP) is -1.80. The maximum Gasteiger partial charge on any atom is 0.303 e. The van der Waals surface area contributed by atoms with Crippen LogP contribution >= 0.6 is 0 Å². The van der Waals surface area contributed by atoms with E-state index < -0.39 is 97.5 Å². The normalized spacial score (nSPS) is 31.7. The number of aliphatic hydroxyl groups excluding tert-OH is 1. The third-order valence-electron chi connectivity index (χ3n) is 5.75. The van der Waals surface area contributed by atoms with Crippen molar-refractivity contribution in [2.24, 2.45) is 0 Å². The van der Waals surface area contributed by atoms with Crippen molar-refractivity contribution in [3.05, 3.63) is 0 Å². The van der Waals surface area contributed by atoms with E-state index in [2.05, 4.69) is 10.6 Å². The first-order valence-corrected chi connectivity index (χ1v) is 12.5. The SMILES string of the molecule is CC(=O)N[C@@H]1[C@@H](OC(C)=O)[C@H](O[C@@H]2O[C@H](COC(C)=O)C[C@H](OC(C)=O)[C@H]2NC(C)=O)[C@@H](COC(C)=O)O[C@H]1O. The molecule has 0 saturated carbocycles. The van der Waals surface area contributed by atoms with E-state index in [1.165, 1.54) is 20.8 Å².